The van der Waals surface area contributed by atoms with E-state index in [-0.39, 0.29) is 16.9 Å². The molecule has 1 N–H and O–H groups in total. The SMILES string of the molecule is FC(F)(F)c1cc([C@H]2CCNC[C@@H]2c2ccccc2)ccc1Cl. The fourth-order valence-electron chi connectivity index (χ4n) is 3.30. The molecule has 0 aliphatic carbocycles. The standard InChI is InChI=1S/C18H17ClF3N/c19-17-7-6-13(10-16(17)18(20,21)22)14-8-9-23-11-15(14)12-4-2-1-3-5-12/h1-7,10,14-15,23H,8-9,11H2/t14-,15-/m1/s1. The molecule has 0 aromatic heterocycles. The van der Waals surface area contributed by atoms with E-state index >= 15 is 0 Å². The van der Waals surface area contributed by atoms with Gasteiger partial charge < -0.3 is 5.32 Å². The number of hydrogen-bond donors (Lipinski definition) is 1. The Morgan fingerprint density at radius 1 is 0.957 bits per heavy atom. The van der Waals surface area contributed by atoms with Gasteiger partial charge in [0.05, 0.1) is 10.6 Å². The van der Waals surface area contributed by atoms with Crippen LogP contribution in [0.3, 0.4) is 0 Å². The number of nitrogens with one attached hydrogen (secondary N) is 1. The first-order valence-corrected chi connectivity index (χ1v) is 7.97. The first kappa shape index (κ1) is 16.3. The second-order valence-corrected chi connectivity index (χ2v) is 6.26. The maximum absolute atomic E-state index is 13.1. The van der Waals surface area contributed by atoms with E-state index in [0.29, 0.717) is 5.56 Å². The largest absolute Gasteiger partial charge is 0.417 e. The highest BCUT2D eigenvalue weighted by Crippen LogP contribution is 2.41. The lowest BCUT2D eigenvalue weighted by Gasteiger charge is -2.33. The molecule has 3 rings (SSSR count). The minimum atomic E-state index is -4.43. The van der Waals surface area contributed by atoms with E-state index < -0.39 is 11.7 Å². The molecule has 0 amide bonds. The Morgan fingerprint density at radius 2 is 1.70 bits per heavy atom. The molecule has 2 atom stereocenters. The second-order valence-electron chi connectivity index (χ2n) is 5.85. The van der Waals surface area contributed by atoms with Crippen LogP contribution in [0.2, 0.25) is 5.02 Å². The summed E-state index contributed by atoms with van der Waals surface area (Å²) in [4.78, 5) is 0. The molecule has 1 aliphatic rings. The molecular weight excluding hydrogens is 323 g/mol. The average Bonchev–Trinajstić information content (AvgIpc) is 2.55. The van der Waals surface area contributed by atoms with Gasteiger partial charge in [0.15, 0.2) is 0 Å². The van der Waals surface area contributed by atoms with E-state index in [1.54, 1.807) is 6.07 Å². The van der Waals surface area contributed by atoms with Gasteiger partial charge in [-0.15, -0.1) is 0 Å². The zero-order chi connectivity index (χ0) is 16.4. The molecule has 2 aromatic carbocycles. The lowest BCUT2D eigenvalue weighted by molar-refractivity contribution is -0.137. The molecule has 0 radical (unpaired) electrons. The molecule has 2 aromatic rings. The molecule has 5 heteroatoms. The summed E-state index contributed by atoms with van der Waals surface area (Å²) >= 11 is 5.74. The number of alkyl halides is 3. The van der Waals surface area contributed by atoms with Gasteiger partial charge in [-0.05, 0) is 42.1 Å². The Kier molecular flexibility index (Phi) is 4.64. The van der Waals surface area contributed by atoms with E-state index in [1.165, 1.54) is 12.1 Å². The number of benzene rings is 2. The number of rotatable bonds is 2. The van der Waals surface area contributed by atoms with E-state index in [9.17, 15) is 13.2 Å². The van der Waals surface area contributed by atoms with Crippen molar-refractivity contribution in [3.05, 3.63) is 70.2 Å². The topological polar surface area (TPSA) is 12.0 Å². The first-order valence-electron chi connectivity index (χ1n) is 7.59. The van der Waals surface area contributed by atoms with Crippen LogP contribution >= 0.6 is 11.6 Å². The zero-order valence-electron chi connectivity index (χ0n) is 12.4. The van der Waals surface area contributed by atoms with Gasteiger partial charge in [-0.3, -0.25) is 0 Å². The molecule has 0 unspecified atom stereocenters. The van der Waals surface area contributed by atoms with Gasteiger partial charge in [0.1, 0.15) is 0 Å². The van der Waals surface area contributed by atoms with Crippen LogP contribution in [0.4, 0.5) is 13.2 Å². The molecular formula is C18H17ClF3N. The summed E-state index contributed by atoms with van der Waals surface area (Å²) < 4.78 is 39.4. The van der Waals surface area contributed by atoms with Crippen molar-refractivity contribution in [2.45, 2.75) is 24.4 Å². The van der Waals surface area contributed by atoms with Crippen molar-refractivity contribution >= 4 is 11.6 Å². The summed E-state index contributed by atoms with van der Waals surface area (Å²) in [6.07, 6.45) is -3.62. The lowest BCUT2D eigenvalue weighted by Crippen LogP contribution is -2.34. The molecule has 1 nitrogen and oxygen atoms in total. The van der Waals surface area contributed by atoms with Crippen molar-refractivity contribution in [3.8, 4) is 0 Å². The Labute approximate surface area is 138 Å². The second kappa shape index (κ2) is 6.54. The van der Waals surface area contributed by atoms with Crippen LogP contribution < -0.4 is 5.32 Å². The highest BCUT2D eigenvalue weighted by molar-refractivity contribution is 6.31. The minimum Gasteiger partial charge on any atom is -0.316 e. The van der Waals surface area contributed by atoms with Crippen molar-refractivity contribution in [3.63, 3.8) is 0 Å². The molecule has 1 fully saturated rings. The number of piperidine rings is 1. The van der Waals surface area contributed by atoms with Crippen LogP contribution in [0.25, 0.3) is 0 Å². The van der Waals surface area contributed by atoms with Gasteiger partial charge in [-0.2, -0.15) is 13.2 Å². The van der Waals surface area contributed by atoms with E-state index in [0.717, 1.165) is 25.1 Å². The summed E-state index contributed by atoms with van der Waals surface area (Å²) in [6.45, 7) is 1.57. The van der Waals surface area contributed by atoms with Gasteiger partial charge in [0, 0.05) is 12.5 Å². The van der Waals surface area contributed by atoms with E-state index in [2.05, 4.69) is 5.32 Å². The molecule has 23 heavy (non-hydrogen) atoms. The van der Waals surface area contributed by atoms with Crippen LogP contribution in [0, 0.1) is 0 Å². The van der Waals surface area contributed by atoms with Crippen molar-refractivity contribution in [2.24, 2.45) is 0 Å². The normalized spacial score (nSPS) is 22.1. The van der Waals surface area contributed by atoms with Crippen molar-refractivity contribution in [1.82, 2.24) is 5.32 Å². The van der Waals surface area contributed by atoms with Crippen LogP contribution in [-0.2, 0) is 6.18 Å². The van der Waals surface area contributed by atoms with Crippen molar-refractivity contribution < 1.29 is 13.2 Å². The Balaban J connectivity index is 1.98. The summed E-state index contributed by atoms with van der Waals surface area (Å²) in [7, 11) is 0. The molecule has 1 heterocycles. The van der Waals surface area contributed by atoms with Gasteiger partial charge in [-0.1, -0.05) is 48.0 Å². The number of hydrogen-bond acceptors (Lipinski definition) is 1. The molecule has 0 saturated carbocycles. The fraction of sp³-hybridized carbons (Fsp3) is 0.333. The lowest BCUT2D eigenvalue weighted by atomic mass is 9.77. The highest BCUT2D eigenvalue weighted by atomic mass is 35.5. The Morgan fingerprint density at radius 3 is 2.39 bits per heavy atom. The molecule has 0 bridgehead atoms. The Bertz CT molecular complexity index is 670. The van der Waals surface area contributed by atoms with Gasteiger partial charge in [0.25, 0.3) is 0 Å². The van der Waals surface area contributed by atoms with E-state index in [4.69, 9.17) is 11.6 Å². The fourth-order valence-corrected chi connectivity index (χ4v) is 3.52. The number of halogens is 4. The predicted molar refractivity (Wildman–Crippen MR) is 85.9 cm³/mol. The summed E-state index contributed by atoms with van der Waals surface area (Å²) in [6, 6.07) is 14.2. The maximum Gasteiger partial charge on any atom is 0.417 e. The Hall–Kier alpha value is -1.52. The summed E-state index contributed by atoms with van der Waals surface area (Å²) in [5, 5.41) is 3.10. The highest BCUT2D eigenvalue weighted by Gasteiger charge is 2.35. The van der Waals surface area contributed by atoms with Crippen LogP contribution in [0.5, 0.6) is 0 Å². The third-order valence-electron chi connectivity index (χ3n) is 4.43. The third-order valence-corrected chi connectivity index (χ3v) is 4.76. The van der Waals surface area contributed by atoms with Crippen molar-refractivity contribution in [2.75, 3.05) is 13.1 Å². The zero-order valence-corrected chi connectivity index (χ0v) is 13.2. The van der Waals surface area contributed by atoms with Crippen LogP contribution in [0.1, 0.15) is 34.9 Å². The molecule has 1 saturated heterocycles. The monoisotopic (exact) mass is 339 g/mol. The van der Waals surface area contributed by atoms with Crippen molar-refractivity contribution in [1.29, 1.82) is 0 Å². The van der Waals surface area contributed by atoms with Crippen LogP contribution in [0.15, 0.2) is 48.5 Å². The summed E-state index contributed by atoms with van der Waals surface area (Å²) in [5.41, 5.74) is 1.10. The minimum absolute atomic E-state index is 0.0528. The summed E-state index contributed by atoms with van der Waals surface area (Å²) in [5.74, 6) is 0.212. The third kappa shape index (κ3) is 3.54. The maximum atomic E-state index is 13.1. The van der Waals surface area contributed by atoms with Gasteiger partial charge >= 0.3 is 6.18 Å². The van der Waals surface area contributed by atoms with Crippen LogP contribution in [-0.4, -0.2) is 13.1 Å². The van der Waals surface area contributed by atoms with E-state index in [1.807, 2.05) is 30.3 Å². The average molecular weight is 340 g/mol. The smallest absolute Gasteiger partial charge is 0.316 e. The first-order chi connectivity index (χ1) is 11.0. The molecule has 122 valence electrons. The quantitative estimate of drug-likeness (QED) is 0.791. The van der Waals surface area contributed by atoms with Gasteiger partial charge in [-0.25, -0.2) is 0 Å². The molecule has 1 aliphatic heterocycles. The molecule has 0 spiro atoms. The predicted octanol–water partition coefficient (Wildman–Crippen LogP) is 5.22. The van der Waals surface area contributed by atoms with Gasteiger partial charge in [0.2, 0.25) is 0 Å².